The van der Waals surface area contributed by atoms with Crippen LogP contribution >= 0.6 is 11.3 Å². The lowest BCUT2D eigenvalue weighted by Crippen LogP contribution is -2.52. The minimum atomic E-state index is -0.189. The number of nitrogens with one attached hydrogen (secondary N) is 1. The molecule has 1 aliphatic rings. The predicted octanol–water partition coefficient (Wildman–Crippen LogP) is 4.32. The lowest BCUT2D eigenvalue weighted by molar-refractivity contribution is -0.126. The minimum absolute atomic E-state index is 0.0187. The summed E-state index contributed by atoms with van der Waals surface area (Å²) in [6.07, 6.45) is 1.10. The van der Waals surface area contributed by atoms with Crippen LogP contribution in [0.4, 0.5) is 5.69 Å². The number of nitrogens with zero attached hydrogens (tertiary/aromatic N) is 2. The maximum Gasteiger partial charge on any atom is 0.241 e. The van der Waals surface area contributed by atoms with Crippen LogP contribution in [0.15, 0.2) is 48.5 Å². The highest BCUT2D eigenvalue weighted by Gasteiger charge is 2.29. The second kappa shape index (κ2) is 8.61. The average Bonchev–Trinajstić information content (AvgIpc) is 3.10. The van der Waals surface area contributed by atoms with E-state index in [0.717, 1.165) is 35.7 Å². The molecular formula is C23H27N3O2S. The fourth-order valence-corrected chi connectivity index (χ4v) is 4.82. The molecule has 29 heavy (non-hydrogen) atoms. The van der Waals surface area contributed by atoms with Crippen molar-refractivity contribution in [3.8, 4) is 0 Å². The molecule has 2 aromatic carbocycles. The molecule has 0 saturated carbocycles. The lowest BCUT2D eigenvalue weighted by Gasteiger charge is -2.38. The van der Waals surface area contributed by atoms with Gasteiger partial charge in [-0.3, -0.25) is 9.69 Å². The summed E-state index contributed by atoms with van der Waals surface area (Å²) in [7, 11) is 0. The summed E-state index contributed by atoms with van der Waals surface area (Å²) in [5, 5.41) is 4.15. The van der Waals surface area contributed by atoms with Crippen molar-refractivity contribution in [2.45, 2.75) is 45.4 Å². The van der Waals surface area contributed by atoms with Crippen molar-refractivity contribution in [2.75, 3.05) is 18.4 Å². The third kappa shape index (κ3) is 4.83. The van der Waals surface area contributed by atoms with Crippen LogP contribution in [0, 0.1) is 0 Å². The zero-order valence-corrected chi connectivity index (χ0v) is 17.9. The van der Waals surface area contributed by atoms with Gasteiger partial charge < -0.3 is 10.1 Å². The van der Waals surface area contributed by atoms with E-state index in [9.17, 15) is 4.79 Å². The van der Waals surface area contributed by atoms with Gasteiger partial charge in [0.05, 0.1) is 33.5 Å². The minimum Gasteiger partial charge on any atom is -0.373 e. The van der Waals surface area contributed by atoms with Crippen molar-refractivity contribution >= 4 is 33.1 Å². The normalized spacial score (nSPS) is 21.2. The summed E-state index contributed by atoms with van der Waals surface area (Å²) in [6.45, 7) is 7.62. The number of carbonyl (C=O) groups is 1. The second-order valence-corrected chi connectivity index (χ2v) is 8.94. The van der Waals surface area contributed by atoms with Gasteiger partial charge in [0, 0.05) is 25.2 Å². The van der Waals surface area contributed by atoms with Crippen LogP contribution in [0.2, 0.25) is 0 Å². The number of aromatic nitrogens is 1. The van der Waals surface area contributed by atoms with Crippen LogP contribution < -0.4 is 5.32 Å². The number of anilines is 1. The first-order valence-electron chi connectivity index (χ1n) is 10.1. The van der Waals surface area contributed by atoms with E-state index in [4.69, 9.17) is 9.72 Å². The van der Waals surface area contributed by atoms with Crippen molar-refractivity contribution < 1.29 is 9.53 Å². The molecular weight excluding hydrogens is 382 g/mol. The third-order valence-electron chi connectivity index (χ3n) is 5.29. The molecule has 5 nitrogen and oxygen atoms in total. The van der Waals surface area contributed by atoms with Gasteiger partial charge >= 0.3 is 0 Å². The summed E-state index contributed by atoms with van der Waals surface area (Å²) < 4.78 is 6.98. The molecule has 6 heteroatoms. The van der Waals surface area contributed by atoms with Crippen molar-refractivity contribution in [1.82, 2.24) is 9.88 Å². The van der Waals surface area contributed by atoms with Gasteiger partial charge in [-0.1, -0.05) is 24.3 Å². The zero-order valence-electron chi connectivity index (χ0n) is 17.1. The molecule has 0 bridgehead atoms. The number of thiazole rings is 1. The molecule has 2 heterocycles. The molecule has 4 rings (SSSR count). The van der Waals surface area contributed by atoms with E-state index in [1.807, 2.05) is 37.3 Å². The first kappa shape index (κ1) is 20.0. The van der Waals surface area contributed by atoms with Gasteiger partial charge in [0.25, 0.3) is 0 Å². The summed E-state index contributed by atoms with van der Waals surface area (Å²) in [6, 6.07) is 16.1. The monoisotopic (exact) mass is 409 g/mol. The number of rotatable bonds is 5. The smallest absolute Gasteiger partial charge is 0.241 e. The molecule has 152 valence electrons. The third-order valence-corrected chi connectivity index (χ3v) is 6.33. The Bertz CT molecular complexity index is 942. The Morgan fingerprint density at radius 3 is 2.55 bits per heavy atom. The Hall–Kier alpha value is -2.28. The molecule has 0 aliphatic carbocycles. The van der Waals surface area contributed by atoms with Gasteiger partial charge in [-0.2, -0.15) is 0 Å². The number of hydrogen-bond acceptors (Lipinski definition) is 5. The molecule has 1 aromatic heterocycles. The summed E-state index contributed by atoms with van der Waals surface area (Å²) >= 11 is 1.73. The van der Waals surface area contributed by atoms with Crippen LogP contribution in [-0.4, -0.2) is 47.1 Å². The fraction of sp³-hybridized carbons (Fsp3) is 0.391. The molecule has 0 unspecified atom stereocenters. The van der Waals surface area contributed by atoms with E-state index in [-0.39, 0.29) is 24.2 Å². The first-order chi connectivity index (χ1) is 14.0. The maximum absolute atomic E-state index is 12.7. The van der Waals surface area contributed by atoms with Crippen LogP contribution in [0.5, 0.6) is 0 Å². The van der Waals surface area contributed by atoms with Gasteiger partial charge in [-0.25, -0.2) is 4.98 Å². The van der Waals surface area contributed by atoms with Crippen molar-refractivity contribution in [1.29, 1.82) is 0 Å². The number of fused-ring (bicyclic) bond motifs is 1. The number of ether oxygens (including phenoxy) is 1. The van der Waals surface area contributed by atoms with Gasteiger partial charge in [-0.05, 0) is 50.6 Å². The fourth-order valence-electron chi connectivity index (χ4n) is 3.82. The molecule has 1 amide bonds. The Morgan fingerprint density at radius 2 is 1.86 bits per heavy atom. The van der Waals surface area contributed by atoms with Crippen LogP contribution in [-0.2, 0) is 16.0 Å². The average molecular weight is 410 g/mol. The second-order valence-electron chi connectivity index (χ2n) is 7.83. The SMILES string of the molecule is C[C@@H]1CN([C@H](C)C(=O)Nc2ccc(Cc3nc4ccccc4s3)cc2)C[C@H](C)O1. The molecule has 1 saturated heterocycles. The van der Waals surface area contributed by atoms with E-state index in [0.29, 0.717) is 0 Å². The molecule has 0 spiro atoms. The Balaban J connectivity index is 1.36. The van der Waals surface area contributed by atoms with Gasteiger partial charge in [0.2, 0.25) is 5.91 Å². The molecule has 1 aliphatic heterocycles. The zero-order chi connectivity index (χ0) is 20.4. The largest absolute Gasteiger partial charge is 0.373 e. The van der Waals surface area contributed by atoms with Gasteiger partial charge in [0.1, 0.15) is 0 Å². The number of amides is 1. The number of carbonyl (C=O) groups excluding carboxylic acids is 1. The predicted molar refractivity (Wildman–Crippen MR) is 119 cm³/mol. The number of benzene rings is 2. The highest BCUT2D eigenvalue weighted by molar-refractivity contribution is 7.18. The Labute approximate surface area is 175 Å². The summed E-state index contributed by atoms with van der Waals surface area (Å²) in [4.78, 5) is 19.6. The molecule has 0 radical (unpaired) electrons. The number of para-hydroxylation sites is 1. The summed E-state index contributed by atoms with van der Waals surface area (Å²) in [5.74, 6) is 0.0187. The van der Waals surface area contributed by atoms with Crippen molar-refractivity contribution in [2.24, 2.45) is 0 Å². The molecule has 1 fully saturated rings. The highest BCUT2D eigenvalue weighted by atomic mass is 32.1. The quantitative estimate of drug-likeness (QED) is 0.682. The summed E-state index contributed by atoms with van der Waals surface area (Å²) in [5.41, 5.74) is 3.06. The van der Waals surface area contributed by atoms with E-state index >= 15 is 0 Å². The molecule has 3 atom stereocenters. The van der Waals surface area contributed by atoms with E-state index in [1.54, 1.807) is 11.3 Å². The van der Waals surface area contributed by atoms with Gasteiger partial charge in [-0.15, -0.1) is 11.3 Å². The van der Waals surface area contributed by atoms with E-state index in [1.165, 1.54) is 10.3 Å². The first-order valence-corrected chi connectivity index (χ1v) is 10.9. The van der Waals surface area contributed by atoms with Crippen LogP contribution in [0.25, 0.3) is 10.2 Å². The standard InChI is InChI=1S/C23H27N3O2S/c1-15-13-26(14-16(2)28-15)17(3)23(27)24-19-10-8-18(9-11-19)12-22-25-20-6-4-5-7-21(20)29-22/h4-11,15-17H,12-14H2,1-3H3,(H,24,27)/t15-,16+,17-/m1/s1. The topological polar surface area (TPSA) is 54.5 Å². The maximum atomic E-state index is 12.7. The van der Waals surface area contributed by atoms with E-state index < -0.39 is 0 Å². The molecule has 1 N–H and O–H groups in total. The number of hydrogen-bond donors (Lipinski definition) is 1. The van der Waals surface area contributed by atoms with Crippen LogP contribution in [0.3, 0.4) is 0 Å². The Kier molecular flexibility index (Phi) is 5.94. The molecule has 3 aromatic rings. The number of morpholine rings is 1. The van der Waals surface area contributed by atoms with E-state index in [2.05, 4.69) is 42.3 Å². The highest BCUT2D eigenvalue weighted by Crippen LogP contribution is 2.24. The lowest BCUT2D eigenvalue weighted by atomic mass is 10.1. The van der Waals surface area contributed by atoms with Crippen molar-refractivity contribution in [3.05, 3.63) is 59.1 Å². The van der Waals surface area contributed by atoms with Crippen LogP contribution in [0.1, 0.15) is 31.3 Å². The Morgan fingerprint density at radius 1 is 1.17 bits per heavy atom. The van der Waals surface area contributed by atoms with Gasteiger partial charge in [0.15, 0.2) is 0 Å². The van der Waals surface area contributed by atoms with Crippen molar-refractivity contribution in [3.63, 3.8) is 0 Å².